The van der Waals surface area contributed by atoms with E-state index in [1.807, 2.05) is 24.3 Å². The summed E-state index contributed by atoms with van der Waals surface area (Å²) in [5.74, 6) is -0.189. The van der Waals surface area contributed by atoms with Crippen molar-refractivity contribution in [1.82, 2.24) is 5.43 Å². The van der Waals surface area contributed by atoms with Crippen LogP contribution in [0.15, 0.2) is 60.9 Å². The largest absolute Gasteiger partial charge is 0.450 e. The van der Waals surface area contributed by atoms with Gasteiger partial charge >= 0.3 is 5.91 Å². The van der Waals surface area contributed by atoms with E-state index in [4.69, 9.17) is 4.42 Å². The second-order valence-electron chi connectivity index (χ2n) is 6.99. The standard InChI is InChI=1S/C20H18Br2N2O2/c1-20(2,3)14-6-4-12(5-7-14)11-23-24-19(25)17-9-13-8-15(21)10-16(22)18(13)26-17/h4-11H,1-3H3,(H,24,25)/b23-11-. The lowest BCUT2D eigenvalue weighted by Crippen LogP contribution is -2.16. The predicted molar refractivity (Wildman–Crippen MR) is 112 cm³/mol. The second-order valence-corrected chi connectivity index (χ2v) is 8.76. The molecule has 0 aliphatic heterocycles. The number of furan rings is 1. The van der Waals surface area contributed by atoms with Gasteiger partial charge in [-0.2, -0.15) is 5.10 Å². The third kappa shape index (κ3) is 4.24. The molecule has 0 aliphatic rings. The van der Waals surface area contributed by atoms with Crippen LogP contribution < -0.4 is 5.43 Å². The first-order valence-electron chi connectivity index (χ1n) is 8.06. The fourth-order valence-corrected chi connectivity index (χ4v) is 3.82. The maximum absolute atomic E-state index is 12.2. The molecule has 3 aromatic rings. The fraction of sp³-hybridized carbons (Fsp3) is 0.200. The van der Waals surface area contributed by atoms with E-state index in [1.165, 1.54) is 5.56 Å². The Hall–Kier alpha value is -1.92. The van der Waals surface area contributed by atoms with Gasteiger partial charge in [-0.25, -0.2) is 5.43 Å². The molecular formula is C20H18Br2N2O2. The highest BCUT2D eigenvalue weighted by atomic mass is 79.9. The Labute approximate surface area is 168 Å². The Morgan fingerprint density at radius 2 is 1.81 bits per heavy atom. The van der Waals surface area contributed by atoms with E-state index in [2.05, 4.69) is 75.3 Å². The van der Waals surface area contributed by atoms with Gasteiger partial charge in [0.05, 0.1) is 10.7 Å². The first-order valence-corrected chi connectivity index (χ1v) is 9.65. The zero-order valence-electron chi connectivity index (χ0n) is 14.6. The molecule has 0 unspecified atom stereocenters. The van der Waals surface area contributed by atoms with Crippen LogP contribution in [0.1, 0.15) is 42.5 Å². The van der Waals surface area contributed by atoms with Gasteiger partial charge in [-0.3, -0.25) is 4.79 Å². The number of hydrogen-bond acceptors (Lipinski definition) is 3. The number of fused-ring (bicyclic) bond motifs is 1. The number of hydrogen-bond donors (Lipinski definition) is 1. The third-order valence-electron chi connectivity index (χ3n) is 3.92. The van der Waals surface area contributed by atoms with Crippen LogP contribution in [0.2, 0.25) is 0 Å². The molecule has 3 rings (SSSR count). The molecule has 1 heterocycles. The number of hydrazone groups is 1. The van der Waals surface area contributed by atoms with Gasteiger partial charge in [0.25, 0.3) is 0 Å². The van der Waals surface area contributed by atoms with Gasteiger partial charge in [-0.05, 0) is 50.7 Å². The fourth-order valence-electron chi connectivity index (χ4n) is 2.48. The molecule has 4 nitrogen and oxygen atoms in total. The van der Waals surface area contributed by atoms with Gasteiger partial charge in [0.15, 0.2) is 5.76 Å². The van der Waals surface area contributed by atoms with Crippen molar-refractivity contribution in [2.45, 2.75) is 26.2 Å². The molecule has 6 heteroatoms. The molecule has 1 amide bonds. The zero-order valence-corrected chi connectivity index (χ0v) is 17.8. The molecule has 0 fully saturated rings. The highest BCUT2D eigenvalue weighted by molar-refractivity contribution is 9.11. The van der Waals surface area contributed by atoms with Crippen LogP contribution in [0, 0.1) is 0 Å². The Morgan fingerprint density at radius 1 is 1.12 bits per heavy atom. The lowest BCUT2D eigenvalue weighted by Gasteiger charge is -2.18. The summed E-state index contributed by atoms with van der Waals surface area (Å²) in [4.78, 5) is 12.2. The summed E-state index contributed by atoms with van der Waals surface area (Å²) in [6.45, 7) is 6.50. The van der Waals surface area contributed by atoms with E-state index in [9.17, 15) is 4.79 Å². The van der Waals surface area contributed by atoms with Gasteiger partial charge in [-0.1, -0.05) is 61.0 Å². The predicted octanol–water partition coefficient (Wildman–Crippen LogP) is 6.02. The SMILES string of the molecule is CC(C)(C)c1ccc(/C=N\NC(=O)c2cc3cc(Br)cc(Br)c3o2)cc1. The zero-order chi connectivity index (χ0) is 18.9. The summed E-state index contributed by atoms with van der Waals surface area (Å²) < 4.78 is 7.30. The number of benzene rings is 2. The molecule has 0 aliphatic carbocycles. The number of amides is 1. The van der Waals surface area contributed by atoms with Crippen LogP contribution in [-0.2, 0) is 5.41 Å². The van der Waals surface area contributed by atoms with E-state index in [-0.39, 0.29) is 11.2 Å². The van der Waals surface area contributed by atoms with Crippen LogP contribution in [0.4, 0.5) is 0 Å². The van der Waals surface area contributed by atoms with Gasteiger partial charge in [0, 0.05) is 9.86 Å². The molecule has 26 heavy (non-hydrogen) atoms. The molecule has 0 saturated carbocycles. The lowest BCUT2D eigenvalue weighted by molar-refractivity contribution is 0.0929. The summed E-state index contributed by atoms with van der Waals surface area (Å²) >= 11 is 6.85. The van der Waals surface area contributed by atoms with Gasteiger partial charge in [-0.15, -0.1) is 0 Å². The molecule has 1 aromatic heterocycles. The number of carbonyl (C=O) groups is 1. The summed E-state index contributed by atoms with van der Waals surface area (Å²) in [6.07, 6.45) is 1.61. The van der Waals surface area contributed by atoms with Crippen molar-refractivity contribution < 1.29 is 9.21 Å². The lowest BCUT2D eigenvalue weighted by atomic mass is 9.87. The highest BCUT2D eigenvalue weighted by Crippen LogP contribution is 2.31. The van der Waals surface area contributed by atoms with Gasteiger partial charge < -0.3 is 4.42 Å². The average Bonchev–Trinajstić information content (AvgIpc) is 2.99. The highest BCUT2D eigenvalue weighted by Gasteiger charge is 2.14. The molecule has 1 N–H and O–H groups in total. The quantitative estimate of drug-likeness (QED) is 0.370. The van der Waals surface area contributed by atoms with Crippen LogP contribution >= 0.6 is 31.9 Å². The summed E-state index contributed by atoms with van der Waals surface area (Å²) in [5, 5.41) is 4.85. The normalized spacial score (nSPS) is 12.0. The summed E-state index contributed by atoms with van der Waals surface area (Å²) in [7, 11) is 0. The topological polar surface area (TPSA) is 54.6 Å². The molecule has 134 valence electrons. The van der Waals surface area contributed by atoms with Crippen LogP contribution in [0.25, 0.3) is 11.0 Å². The molecule has 0 radical (unpaired) electrons. The number of nitrogens with zero attached hydrogens (tertiary/aromatic N) is 1. The number of nitrogens with one attached hydrogen (secondary N) is 1. The van der Waals surface area contributed by atoms with E-state index in [0.717, 1.165) is 19.9 Å². The van der Waals surface area contributed by atoms with Gasteiger partial charge in [0.1, 0.15) is 5.58 Å². The first kappa shape index (κ1) is 18.9. The average molecular weight is 478 g/mol. The van der Waals surface area contributed by atoms with Crippen molar-refractivity contribution >= 4 is 55.0 Å². The number of carbonyl (C=O) groups excluding carboxylic acids is 1. The summed E-state index contributed by atoms with van der Waals surface area (Å²) in [5.41, 5.74) is 5.39. The maximum Gasteiger partial charge on any atom is 0.307 e. The molecule has 0 spiro atoms. The smallest absolute Gasteiger partial charge is 0.307 e. The number of halogens is 2. The van der Waals surface area contributed by atoms with E-state index in [1.54, 1.807) is 12.3 Å². The Kier molecular flexibility index (Phi) is 5.34. The monoisotopic (exact) mass is 476 g/mol. The minimum absolute atomic E-state index is 0.106. The summed E-state index contributed by atoms with van der Waals surface area (Å²) in [6, 6.07) is 13.5. The molecule has 0 saturated heterocycles. The Balaban J connectivity index is 1.70. The van der Waals surface area contributed by atoms with Gasteiger partial charge in [0.2, 0.25) is 0 Å². The van der Waals surface area contributed by atoms with E-state index >= 15 is 0 Å². The van der Waals surface area contributed by atoms with Crippen LogP contribution in [0.3, 0.4) is 0 Å². The molecule has 0 bridgehead atoms. The maximum atomic E-state index is 12.2. The Bertz CT molecular complexity index is 983. The van der Waals surface area contributed by atoms with Crippen molar-refractivity contribution in [3.8, 4) is 0 Å². The van der Waals surface area contributed by atoms with Crippen molar-refractivity contribution in [3.63, 3.8) is 0 Å². The van der Waals surface area contributed by atoms with Crippen molar-refractivity contribution in [2.24, 2.45) is 5.10 Å². The second kappa shape index (κ2) is 7.37. The van der Waals surface area contributed by atoms with Crippen molar-refractivity contribution in [1.29, 1.82) is 0 Å². The van der Waals surface area contributed by atoms with E-state index in [0.29, 0.717) is 5.58 Å². The van der Waals surface area contributed by atoms with Crippen LogP contribution in [0.5, 0.6) is 0 Å². The van der Waals surface area contributed by atoms with Crippen molar-refractivity contribution in [3.05, 3.63) is 68.3 Å². The molecule has 2 aromatic carbocycles. The Morgan fingerprint density at radius 3 is 2.46 bits per heavy atom. The minimum atomic E-state index is -0.396. The molecular weight excluding hydrogens is 460 g/mol. The third-order valence-corrected chi connectivity index (χ3v) is 4.96. The van der Waals surface area contributed by atoms with Crippen molar-refractivity contribution in [2.75, 3.05) is 0 Å². The molecule has 0 atom stereocenters. The number of rotatable bonds is 3. The first-order chi connectivity index (χ1) is 12.2. The van der Waals surface area contributed by atoms with Crippen LogP contribution in [-0.4, -0.2) is 12.1 Å². The van der Waals surface area contributed by atoms with E-state index < -0.39 is 5.91 Å². The minimum Gasteiger partial charge on any atom is -0.450 e.